The molecule has 0 aliphatic carbocycles. The number of fused-ring (bicyclic) bond motifs is 4. The fourth-order valence-electron chi connectivity index (χ4n) is 5.58. The Balaban J connectivity index is 1.29. The highest BCUT2D eigenvalue weighted by Gasteiger charge is 2.33. The number of benzene rings is 1. The van der Waals surface area contributed by atoms with Gasteiger partial charge < -0.3 is 24.7 Å². The molecule has 11 heteroatoms. The molecule has 202 valence electrons. The summed E-state index contributed by atoms with van der Waals surface area (Å²) in [5, 5.41) is 6.34. The molecule has 4 aromatic heterocycles. The third-order valence-corrected chi connectivity index (χ3v) is 7.35. The minimum Gasteiger partial charge on any atom is -0.463 e. The smallest absolute Gasteiger partial charge is 0.414 e. The van der Waals surface area contributed by atoms with E-state index in [0.29, 0.717) is 42.5 Å². The number of furan rings is 1. The zero-order valence-corrected chi connectivity index (χ0v) is 22.3. The van der Waals surface area contributed by atoms with Crippen molar-refractivity contribution in [2.75, 3.05) is 30.9 Å². The van der Waals surface area contributed by atoms with Crippen molar-refractivity contribution in [1.82, 2.24) is 24.6 Å². The lowest BCUT2D eigenvalue weighted by molar-refractivity contribution is 0.0966. The number of carbonyl (C=O) groups is 2. The number of amides is 2. The van der Waals surface area contributed by atoms with Crippen LogP contribution in [-0.2, 0) is 17.8 Å². The van der Waals surface area contributed by atoms with Crippen molar-refractivity contribution < 1.29 is 18.7 Å². The normalized spacial score (nSPS) is 16.7. The number of nitrogens with one attached hydrogen (secondary N) is 2. The van der Waals surface area contributed by atoms with E-state index in [-0.39, 0.29) is 18.0 Å². The van der Waals surface area contributed by atoms with E-state index in [9.17, 15) is 9.59 Å². The zero-order valence-electron chi connectivity index (χ0n) is 22.3. The molecule has 2 amide bonds. The third-order valence-electron chi connectivity index (χ3n) is 7.35. The van der Waals surface area contributed by atoms with E-state index < -0.39 is 0 Å². The van der Waals surface area contributed by atoms with E-state index in [1.165, 1.54) is 0 Å². The van der Waals surface area contributed by atoms with Gasteiger partial charge in [0.05, 0.1) is 52.3 Å². The van der Waals surface area contributed by atoms with Crippen LogP contribution < -0.4 is 15.5 Å². The minimum absolute atomic E-state index is 0.0866. The van der Waals surface area contributed by atoms with Crippen molar-refractivity contribution in [3.63, 3.8) is 0 Å². The average Bonchev–Trinajstić information content (AvgIpc) is 3.71. The first-order chi connectivity index (χ1) is 19.4. The van der Waals surface area contributed by atoms with Gasteiger partial charge in [0.1, 0.15) is 18.1 Å². The van der Waals surface area contributed by atoms with Gasteiger partial charge in [0.2, 0.25) is 0 Å². The summed E-state index contributed by atoms with van der Waals surface area (Å²) in [7, 11) is 3.90. The molecule has 7 rings (SSSR count). The molecule has 0 unspecified atom stereocenters. The van der Waals surface area contributed by atoms with Crippen LogP contribution in [-0.4, -0.2) is 58.0 Å². The maximum Gasteiger partial charge on any atom is 0.414 e. The molecule has 1 aromatic carbocycles. The van der Waals surface area contributed by atoms with Crippen LogP contribution in [0, 0.1) is 0 Å². The van der Waals surface area contributed by atoms with Crippen LogP contribution in [0.15, 0.2) is 59.3 Å². The first kappa shape index (κ1) is 24.2. The van der Waals surface area contributed by atoms with Crippen molar-refractivity contribution in [2.45, 2.75) is 26.1 Å². The summed E-state index contributed by atoms with van der Waals surface area (Å²) >= 11 is 0. The van der Waals surface area contributed by atoms with Crippen molar-refractivity contribution >= 4 is 45.9 Å². The lowest BCUT2D eigenvalue weighted by atomic mass is 9.99. The van der Waals surface area contributed by atoms with E-state index in [1.807, 2.05) is 79.0 Å². The van der Waals surface area contributed by atoms with Gasteiger partial charge in [-0.2, -0.15) is 0 Å². The SMILES string of the molecule is C[C@@H]1COC(=O)N1c1ccc(Nc2ccc(-c3cnc4ccc5occc5n34)c3c2C(=O)NC3)nc1CN(C)C. The first-order valence-corrected chi connectivity index (χ1v) is 13.0. The van der Waals surface area contributed by atoms with Crippen molar-refractivity contribution in [3.05, 3.63) is 71.7 Å². The number of rotatable bonds is 6. The molecule has 0 spiro atoms. The summed E-state index contributed by atoms with van der Waals surface area (Å²) in [5.74, 6) is 0.422. The zero-order chi connectivity index (χ0) is 27.5. The largest absolute Gasteiger partial charge is 0.463 e. The lowest BCUT2D eigenvalue weighted by Crippen LogP contribution is -2.32. The third kappa shape index (κ3) is 3.77. The fourth-order valence-corrected chi connectivity index (χ4v) is 5.58. The maximum atomic E-state index is 13.1. The van der Waals surface area contributed by atoms with Crippen LogP contribution >= 0.6 is 0 Å². The van der Waals surface area contributed by atoms with Crippen LogP contribution in [0.1, 0.15) is 28.5 Å². The summed E-state index contributed by atoms with van der Waals surface area (Å²) in [4.78, 5) is 38.6. The maximum absolute atomic E-state index is 13.1. The van der Waals surface area contributed by atoms with Crippen molar-refractivity contribution in [2.24, 2.45) is 0 Å². The molecule has 2 aliphatic heterocycles. The highest BCUT2D eigenvalue weighted by atomic mass is 16.6. The fraction of sp³-hybridized carbons (Fsp3) is 0.241. The number of cyclic esters (lactones) is 1. The molecular formula is C29H27N7O4. The Labute approximate surface area is 229 Å². The van der Waals surface area contributed by atoms with E-state index in [4.69, 9.17) is 14.1 Å². The summed E-state index contributed by atoms with van der Waals surface area (Å²) in [5.41, 5.74) is 7.82. The van der Waals surface area contributed by atoms with Gasteiger partial charge in [0.25, 0.3) is 5.91 Å². The summed E-state index contributed by atoms with van der Waals surface area (Å²) in [6, 6.07) is 13.2. The molecule has 2 aliphatic rings. The molecule has 0 saturated carbocycles. The Morgan fingerprint density at radius 3 is 2.80 bits per heavy atom. The monoisotopic (exact) mass is 537 g/mol. The van der Waals surface area contributed by atoms with Crippen molar-refractivity contribution in [1.29, 1.82) is 0 Å². The molecule has 2 N–H and O–H groups in total. The number of aromatic nitrogens is 3. The standard InChI is InChI=1S/C29H27N7O4/c1-16-15-40-29(38)35(16)21-6-8-25(33-20(21)14-34(2)3)32-19-5-4-17(18-12-31-28(37)27(18)19)23-13-30-26-9-7-24-22(36(23)26)10-11-39-24/h4-11,13,16H,12,14-15H2,1-3H3,(H,31,37)(H,32,33)/t16-/m1/s1. The number of hydrogen-bond acceptors (Lipinski definition) is 8. The predicted molar refractivity (Wildman–Crippen MR) is 150 cm³/mol. The van der Waals surface area contributed by atoms with Gasteiger partial charge >= 0.3 is 6.09 Å². The summed E-state index contributed by atoms with van der Waals surface area (Å²) in [6.07, 6.45) is 3.11. The van der Waals surface area contributed by atoms with Crippen LogP contribution in [0.5, 0.6) is 0 Å². The van der Waals surface area contributed by atoms with Gasteiger partial charge in [0, 0.05) is 24.7 Å². The van der Waals surface area contributed by atoms with Gasteiger partial charge in [-0.15, -0.1) is 0 Å². The molecule has 0 radical (unpaired) electrons. The van der Waals surface area contributed by atoms with Crippen LogP contribution in [0.2, 0.25) is 0 Å². The van der Waals surface area contributed by atoms with Gasteiger partial charge in [-0.05, 0) is 56.9 Å². The highest BCUT2D eigenvalue weighted by Crippen LogP contribution is 2.37. The lowest BCUT2D eigenvalue weighted by Gasteiger charge is -2.23. The Morgan fingerprint density at radius 1 is 1.12 bits per heavy atom. The number of ether oxygens (including phenoxy) is 1. The number of carbonyl (C=O) groups excluding carboxylic acids is 2. The van der Waals surface area contributed by atoms with E-state index in [0.717, 1.165) is 39.3 Å². The Morgan fingerprint density at radius 2 is 2.00 bits per heavy atom. The number of anilines is 3. The Hall–Kier alpha value is -4.90. The van der Waals surface area contributed by atoms with Crippen LogP contribution in [0.4, 0.5) is 22.0 Å². The molecule has 1 atom stereocenters. The second-order valence-corrected chi connectivity index (χ2v) is 10.4. The number of imidazole rings is 1. The van der Waals surface area contributed by atoms with E-state index >= 15 is 0 Å². The average molecular weight is 538 g/mol. The second kappa shape index (κ2) is 9.09. The molecule has 0 bridgehead atoms. The minimum atomic E-state index is -0.375. The van der Waals surface area contributed by atoms with Gasteiger partial charge in [-0.3, -0.25) is 14.1 Å². The predicted octanol–water partition coefficient (Wildman–Crippen LogP) is 4.54. The molecular weight excluding hydrogens is 510 g/mol. The summed E-state index contributed by atoms with van der Waals surface area (Å²) in [6.45, 7) is 3.21. The summed E-state index contributed by atoms with van der Waals surface area (Å²) < 4.78 is 12.9. The Kier molecular flexibility index (Phi) is 5.49. The van der Waals surface area contributed by atoms with Gasteiger partial charge in [-0.25, -0.2) is 14.8 Å². The Bertz CT molecular complexity index is 1820. The number of hydrogen-bond donors (Lipinski definition) is 2. The number of pyridine rings is 2. The number of nitrogens with zero attached hydrogens (tertiary/aromatic N) is 5. The second-order valence-electron chi connectivity index (χ2n) is 10.4. The van der Waals surface area contributed by atoms with Crippen molar-refractivity contribution in [3.8, 4) is 11.3 Å². The topological polar surface area (TPSA) is 117 Å². The van der Waals surface area contributed by atoms with Crippen LogP contribution in [0.25, 0.3) is 28.0 Å². The van der Waals surface area contributed by atoms with E-state index in [2.05, 4.69) is 15.6 Å². The van der Waals surface area contributed by atoms with Gasteiger partial charge in [-0.1, -0.05) is 6.07 Å². The highest BCUT2D eigenvalue weighted by molar-refractivity contribution is 6.06. The molecule has 1 fully saturated rings. The van der Waals surface area contributed by atoms with Crippen LogP contribution in [0.3, 0.4) is 0 Å². The quantitative estimate of drug-likeness (QED) is 0.324. The molecule has 1 saturated heterocycles. The van der Waals surface area contributed by atoms with E-state index in [1.54, 1.807) is 11.2 Å². The van der Waals surface area contributed by atoms with Gasteiger partial charge in [0.15, 0.2) is 5.58 Å². The first-order valence-electron chi connectivity index (χ1n) is 13.0. The molecule has 40 heavy (non-hydrogen) atoms. The molecule has 6 heterocycles. The molecule has 5 aromatic rings. The molecule has 11 nitrogen and oxygen atoms in total.